The van der Waals surface area contributed by atoms with Gasteiger partial charge in [0.05, 0.1) is 0 Å². The zero-order valence-electron chi connectivity index (χ0n) is 13.2. The molecule has 0 atom stereocenters. The zero-order chi connectivity index (χ0) is 13.7. The van der Waals surface area contributed by atoms with Gasteiger partial charge in [0.1, 0.15) is 0 Å². The van der Waals surface area contributed by atoms with E-state index in [9.17, 15) is 0 Å². The molecule has 0 aromatic heterocycles. The fraction of sp³-hybridized carbons (Fsp3) is 0.882. The number of hydrogen-bond donors (Lipinski definition) is 1. The standard InChI is InChI=1S/C17H35N/c1-5-7-9-11-12-13-15-17(3,4)18-16-14-10-8-6-2/h12-13,18H,5-11,14-16H2,1-4H3. The molecule has 0 amide bonds. The fourth-order valence-electron chi connectivity index (χ4n) is 2.06. The van der Waals surface area contributed by atoms with Crippen molar-refractivity contribution in [1.82, 2.24) is 5.32 Å². The van der Waals surface area contributed by atoms with Crippen LogP contribution in [0.15, 0.2) is 12.2 Å². The summed E-state index contributed by atoms with van der Waals surface area (Å²) in [6.07, 6.45) is 16.5. The Balaban J connectivity index is 3.53. The fourth-order valence-corrected chi connectivity index (χ4v) is 2.06. The van der Waals surface area contributed by atoms with E-state index in [-0.39, 0.29) is 5.54 Å². The van der Waals surface area contributed by atoms with E-state index >= 15 is 0 Å². The van der Waals surface area contributed by atoms with Crippen molar-refractivity contribution in [3.8, 4) is 0 Å². The first kappa shape index (κ1) is 17.7. The predicted octanol–water partition coefficient (Wildman–Crippen LogP) is 5.46. The summed E-state index contributed by atoms with van der Waals surface area (Å²) in [5.41, 5.74) is 0.257. The van der Waals surface area contributed by atoms with Gasteiger partial charge >= 0.3 is 0 Å². The molecule has 0 aliphatic heterocycles. The van der Waals surface area contributed by atoms with Crippen LogP contribution in [0.5, 0.6) is 0 Å². The maximum absolute atomic E-state index is 3.67. The van der Waals surface area contributed by atoms with Gasteiger partial charge in [-0.3, -0.25) is 0 Å². The minimum absolute atomic E-state index is 0.257. The third-order valence-corrected chi connectivity index (χ3v) is 3.40. The quantitative estimate of drug-likeness (QED) is 0.359. The molecule has 18 heavy (non-hydrogen) atoms. The van der Waals surface area contributed by atoms with Gasteiger partial charge in [0.25, 0.3) is 0 Å². The van der Waals surface area contributed by atoms with E-state index in [2.05, 4.69) is 45.2 Å². The van der Waals surface area contributed by atoms with Crippen molar-refractivity contribution in [3.63, 3.8) is 0 Å². The first-order chi connectivity index (χ1) is 8.62. The van der Waals surface area contributed by atoms with Crippen LogP contribution < -0.4 is 5.32 Å². The topological polar surface area (TPSA) is 12.0 Å². The van der Waals surface area contributed by atoms with Crippen LogP contribution in [0, 0.1) is 0 Å². The second-order valence-electron chi connectivity index (χ2n) is 6.04. The SMILES string of the molecule is CCCCCC=CCC(C)(C)NCCCCCC. The highest BCUT2D eigenvalue weighted by Gasteiger charge is 2.13. The average molecular weight is 253 g/mol. The molecule has 0 spiro atoms. The number of nitrogens with one attached hydrogen (secondary N) is 1. The molecule has 0 bridgehead atoms. The lowest BCUT2D eigenvalue weighted by molar-refractivity contribution is 0.386. The number of allylic oxidation sites excluding steroid dienone is 1. The molecule has 0 radical (unpaired) electrons. The first-order valence-electron chi connectivity index (χ1n) is 8.02. The first-order valence-corrected chi connectivity index (χ1v) is 8.02. The summed E-state index contributed by atoms with van der Waals surface area (Å²) in [6.45, 7) is 10.3. The molecule has 0 aromatic carbocycles. The van der Waals surface area contributed by atoms with Gasteiger partial charge in [-0.25, -0.2) is 0 Å². The van der Waals surface area contributed by atoms with Gasteiger partial charge in [-0.1, -0.05) is 58.1 Å². The van der Waals surface area contributed by atoms with Crippen molar-refractivity contribution in [2.45, 2.75) is 91.0 Å². The van der Waals surface area contributed by atoms with E-state index in [0.717, 1.165) is 13.0 Å². The summed E-state index contributed by atoms with van der Waals surface area (Å²) in [5, 5.41) is 3.67. The highest BCUT2D eigenvalue weighted by Crippen LogP contribution is 2.11. The smallest absolute Gasteiger partial charge is 0.0159 e. The van der Waals surface area contributed by atoms with E-state index in [4.69, 9.17) is 0 Å². The van der Waals surface area contributed by atoms with Crippen molar-refractivity contribution in [2.75, 3.05) is 6.54 Å². The summed E-state index contributed by atoms with van der Waals surface area (Å²) >= 11 is 0. The van der Waals surface area contributed by atoms with Crippen LogP contribution in [0.4, 0.5) is 0 Å². The summed E-state index contributed by atoms with van der Waals surface area (Å²) in [5.74, 6) is 0. The Bertz CT molecular complexity index is 194. The van der Waals surface area contributed by atoms with Crippen LogP contribution >= 0.6 is 0 Å². The Kier molecular flexibility index (Phi) is 11.6. The minimum Gasteiger partial charge on any atom is -0.311 e. The Morgan fingerprint density at radius 1 is 0.833 bits per heavy atom. The van der Waals surface area contributed by atoms with Crippen LogP contribution in [-0.4, -0.2) is 12.1 Å². The molecule has 0 fully saturated rings. The molecule has 0 heterocycles. The minimum atomic E-state index is 0.257. The lowest BCUT2D eigenvalue weighted by Gasteiger charge is -2.25. The number of unbranched alkanes of at least 4 members (excludes halogenated alkanes) is 6. The molecule has 0 rings (SSSR count). The van der Waals surface area contributed by atoms with Crippen LogP contribution in [0.1, 0.15) is 85.5 Å². The van der Waals surface area contributed by atoms with Crippen molar-refractivity contribution >= 4 is 0 Å². The highest BCUT2D eigenvalue weighted by molar-refractivity contribution is 4.91. The molecule has 0 aliphatic carbocycles. The van der Waals surface area contributed by atoms with Gasteiger partial charge in [-0.2, -0.15) is 0 Å². The number of hydrogen-bond acceptors (Lipinski definition) is 1. The summed E-state index contributed by atoms with van der Waals surface area (Å²) in [6, 6.07) is 0. The average Bonchev–Trinajstić information content (AvgIpc) is 2.33. The zero-order valence-corrected chi connectivity index (χ0v) is 13.2. The lowest BCUT2D eigenvalue weighted by atomic mass is 9.99. The monoisotopic (exact) mass is 253 g/mol. The highest BCUT2D eigenvalue weighted by atomic mass is 14.9. The van der Waals surface area contributed by atoms with E-state index in [1.807, 2.05) is 0 Å². The molecule has 0 aliphatic rings. The third-order valence-electron chi connectivity index (χ3n) is 3.40. The van der Waals surface area contributed by atoms with Gasteiger partial charge in [0.15, 0.2) is 0 Å². The molecule has 108 valence electrons. The van der Waals surface area contributed by atoms with Gasteiger partial charge in [0, 0.05) is 5.54 Å². The lowest BCUT2D eigenvalue weighted by Crippen LogP contribution is -2.39. The summed E-state index contributed by atoms with van der Waals surface area (Å²) in [4.78, 5) is 0. The van der Waals surface area contributed by atoms with E-state index < -0.39 is 0 Å². The second-order valence-corrected chi connectivity index (χ2v) is 6.04. The Hall–Kier alpha value is -0.300. The second kappa shape index (κ2) is 11.8. The van der Waals surface area contributed by atoms with Gasteiger partial charge in [0.2, 0.25) is 0 Å². The van der Waals surface area contributed by atoms with Crippen LogP contribution in [0.3, 0.4) is 0 Å². The van der Waals surface area contributed by atoms with Crippen molar-refractivity contribution in [1.29, 1.82) is 0 Å². The Morgan fingerprint density at radius 3 is 2.17 bits per heavy atom. The summed E-state index contributed by atoms with van der Waals surface area (Å²) in [7, 11) is 0. The number of rotatable bonds is 12. The van der Waals surface area contributed by atoms with Crippen LogP contribution in [0.2, 0.25) is 0 Å². The van der Waals surface area contributed by atoms with Crippen molar-refractivity contribution in [2.24, 2.45) is 0 Å². The molecular weight excluding hydrogens is 218 g/mol. The molecule has 0 unspecified atom stereocenters. The molecular formula is C17H35N. The Morgan fingerprint density at radius 2 is 1.50 bits per heavy atom. The molecule has 1 nitrogen and oxygen atoms in total. The molecule has 0 aromatic rings. The summed E-state index contributed by atoms with van der Waals surface area (Å²) < 4.78 is 0. The Labute approximate surface area is 115 Å². The molecule has 0 saturated heterocycles. The van der Waals surface area contributed by atoms with E-state index in [1.54, 1.807) is 0 Å². The van der Waals surface area contributed by atoms with Crippen molar-refractivity contribution in [3.05, 3.63) is 12.2 Å². The largest absolute Gasteiger partial charge is 0.311 e. The third kappa shape index (κ3) is 12.2. The van der Waals surface area contributed by atoms with Crippen LogP contribution in [0.25, 0.3) is 0 Å². The normalized spacial score (nSPS) is 12.4. The predicted molar refractivity (Wildman–Crippen MR) is 84.1 cm³/mol. The molecule has 1 heteroatoms. The molecule has 1 N–H and O–H groups in total. The van der Waals surface area contributed by atoms with E-state index in [1.165, 1.54) is 51.4 Å². The maximum atomic E-state index is 3.67. The van der Waals surface area contributed by atoms with Gasteiger partial charge < -0.3 is 5.32 Å². The van der Waals surface area contributed by atoms with Gasteiger partial charge in [-0.15, -0.1) is 0 Å². The molecule has 0 saturated carbocycles. The van der Waals surface area contributed by atoms with Crippen LogP contribution in [-0.2, 0) is 0 Å². The van der Waals surface area contributed by atoms with Crippen molar-refractivity contribution < 1.29 is 0 Å². The van der Waals surface area contributed by atoms with Gasteiger partial charge in [-0.05, 0) is 46.1 Å². The van der Waals surface area contributed by atoms with E-state index in [0.29, 0.717) is 0 Å². The maximum Gasteiger partial charge on any atom is 0.0159 e.